The first kappa shape index (κ1) is 15.4. The highest BCUT2D eigenvalue weighted by atomic mass is 19.1. The number of aliphatic hydroxyl groups is 1. The van der Waals surface area contributed by atoms with E-state index in [4.69, 9.17) is 4.74 Å². The summed E-state index contributed by atoms with van der Waals surface area (Å²) in [6.45, 7) is 1.35. The van der Waals surface area contributed by atoms with Crippen molar-refractivity contribution in [2.45, 2.75) is 37.4 Å². The molecule has 0 saturated carbocycles. The minimum absolute atomic E-state index is 0.249. The van der Waals surface area contributed by atoms with E-state index in [2.05, 4.69) is 0 Å². The summed E-state index contributed by atoms with van der Waals surface area (Å²) in [4.78, 5) is 13.8. The highest BCUT2D eigenvalue weighted by molar-refractivity contribution is 5.94. The van der Waals surface area contributed by atoms with Gasteiger partial charge in [0.05, 0.1) is 17.3 Å². The molecule has 2 saturated heterocycles. The summed E-state index contributed by atoms with van der Waals surface area (Å²) in [6.07, 6.45) is 2.03. The molecule has 1 spiro atoms. The topological polar surface area (TPSA) is 49.8 Å². The van der Waals surface area contributed by atoms with E-state index in [-0.39, 0.29) is 5.56 Å². The molecule has 0 radical (unpaired) electrons. The fourth-order valence-corrected chi connectivity index (χ4v) is 3.31. The molecule has 2 fully saturated rings. The molecule has 6 heteroatoms. The molecule has 0 bridgehead atoms. The van der Waals surface area contributed by atoms with Gasteiger partial charge in [-0.3, -0.25) is 4.79 Å². The van der Waals surface area contributed by atoms with E-state index in [0.717, 1.165) is 24.6 Å². The number of hydrogen-bond acceptors (Lipinski definition) is 3. The van der Waals surface area contributed by atoms with Crippen molar-refractivity contribution >= 4 is 5.91 Å². The van der Waals surface area contributed by atoms with Crippen LogP contribution in [0.25, 0.3) is 0 Å². The Morgan fingerprint density at radius 1 is 1.32 bits per heavy atom. The number of carbonyl (C=O) groups is 1. The Labute approximate surface area is 127 Å². The van der Waals surface area contributed by atoms with Gasteiger partial charge in [0.1, 0.15) is 11.6 Å². The monoisotopic (exact) mass is 311 g/mol. The molecule has 2 aliphatic rings. The first-order chi connectivity index (χ1) is 10.5. The van der Waals surface area contributed by atoms with E-state index in [1.54, 1.807) is 0 Å². The molecular formula is C16H19F2NO3. The second kappa shape index (κ2) is 5.93. The van der Waals surface area contributed by atoms with Crippen LogP contribution >= 0.6 is 0 Å². The van der Waals surface area contributed by atoms with Crippen LogP contribution in [-0.4, -0.2) is 47.3 Å². The smallest absolute Gasteiger partial charge is 0.256 e. The van der Waals surface area contributed by atoms with Crippen LogP contribution in [0.3, 0.4) is 0 Å². The third-order valence-electron chi connectivity index (χ3n) is 4.67. The maximum absolute atomic E-state index is 13.7. The Bertz CT molecular complexity index is 571. The predicted molar refractivity (Wildman–Crippen MR) is 75.4 cm³/mol. The van der Waals surface area contributed by atoms with Gasteiger partial charge in [0.2, 0.25) is 0 Å². The van der Waals surface area contributed by atoms with E-state index in [1.807, 2.05) is 0 Å². The second-order valence-corrected chi connectivity index (χ2v) is 5.99. The van der Waals surface area contributed by atoms with Crippen molar-refractivity contribution in [2.24, 2.45) is 0 Å². The standard InChI is InChI=1S/C16H19F2NO3/c17-11-3-4-13(18)12(10-11)15(21)19-7-5-16(6-8-19)14(20)2-1-9-22-16/h3-4,10,14,20H,1-2,5-9H2/t14-/m0/s1. The zero-order valence-corrected chi connectivity index (χ0v) is 12.2. The van der Waals surface area contributed by atoms with Crippen LogP contribution in [0.4, 0.5) is 8.78 Å². The number of ether oxygens (including phenoxy) is 1. The Morgan fingerprint density at radius 2 is 2.05 bits per heavy atom. The van der Waals surface area contributed by atoms with E-state index < -0.39 is 29.2 Å². The van der Waals surface area contributed by atoms with Crippen molar-refractivity contribution in [3.05, 3.63) is 35.4 Å². The molecular weight excluding hydrogens is 292 g/mol. The van der Waals surface area contributed by atoms with E-state index >= 15 is 0 Å². The highest BCUT2D eigenvalue weighted by Gasteiger charge is 2.44. The van der Waals surface area contributed by atoms with Crippen LogP contribution in [0.1, 0.15) is 36.0 Å². The zero-order chi connectivity index (χ0) is 15.7. The maximum atomic E-state index is 13.7. The third kappa shape index (κ3) is 2.73. The molecule has 2 aliphatic heterocycles. The number of aliphatic hydroxyl groups excluding tert-OH is 1. The van der Waals surface area contributed by atoms with E-state index in [9.17, 15) is 18.7 Å². The van der Waals surface area contributed by atoms with Crippen LogP contribution in [0.2, 0.25) is 0 Å². The molecule has 0 unspecified atom stereocenters. The first-order valence-electron chi connectivity index (χ1n) is 7.58. The first-order valence-corrected chi connectivity index (χ1v) is 7.58. The molecule has 1 N–H and O–H groups in total. The van der Waals surface area contributed by atoms with Gasteiger partial charge >= 0.3 is 0 Å². The lowest BCUT2D eigenvalue weighted by molar-refractivity contribution is -0.174. The minimum Gasteiger partial charge on any atom is -0.390 e. The van der Waals surface area contributed by atoms with E-state index in [0.29, 0.717) is 39.0 Å². The van der Waals surface area contributed by atoms with Gasteiger partial charge in [0.15, 0.2) is 0 Å². The maximum Gasteiger partial charge on any atom is 0.256 e. The van der Waals surface area contributed by atoms with Crippen molar-refractivity contribution in [1.82, 2.24) is 4.90 Å². The summed E-state index contributed by atoms with van der Waals surface area (Å²) in [5.74, 6) is -1.87. The van der Waals surface area contributed by atoms with Gasteiger partial charge < -0.3 is 14.7 Å². The van der Waals surface area contributed by atoms with Crippen LogP contribution in [0, 0.1) is 11.6 Å². The molecule has 1 atom stereocenters. The molecule has 2 heterocycles. The van der Waals surface area contributed by atoms with Gasteiger partial charge in [-0.25, -0.2) is 8.78 Å². The summed E-state index contributed by atoms with van der Waals surface area (Å²) in [5, 5.41) is 10.2. The minimum atomic E-state index is -0.722. The Kier molecular flexibility index (Phi) is 4.14. The fraction of sp³-hybridized carbons (Fsp3) is 0.562. The molecule has 1 aromatic carbocycles. The van der Waals surface area contributed by atoms with Gasteiger partial charge in [-0.1, -0.05) is 0 Å². The van der Waals surface area contributed by atoms with Crippen molar-refractivity contribution < 1.29 is 23.4 Å². The second-order valence-electron chi connectivity index (χ2n) is 5.99. The fourth-order valence-electron chi connectivity index (χ4n) is 3.31. The lowest BCUT2D eigenvalue weighted by Gasteiger charge is -2.46. The van der Waals surface area contributed by atoms with Crippen LogP contribution < -0.4 is 0 Å². The molecule has 1 aromatic rings. The number of rotatable bonds is 1. The quantitative estimate of drug-likeness (QED) is 0.864. The molecule has 0 aromatic heterocycles. The molecule has 1 amide bonds. The normalized spacial score (nSPS) is 24.5. The summed E-state index contributed by atoms with van der Waals surface area (Å²) in [6, 6.07) is 2.87. The number of carbonyl (C=O) groups excluding carboxylic acids is 1. The molecule has 22 heavy (non-hydrogen) atoms. The van der Waals surface area contributed by atoms with Gasteiger partial charge in [-0.15, -0.1) is 0 Å². The van der Waals surface area contributed by atoms with Crippen molar-refractivity contribution in [1.29, 1.82) is 0 Å². The average molecular weight is 311 g/mol. The number of hydrogen-bond donors (Lipinski definition) is 1. The molecule has 120 valence electrons. The Morgan fingerprint density at radius 3 is 2.73 bits per heavy atom. The third-order valence-corrected chi connectivity index (χ3v) is 4.67. The largest absolute Gasteiger partial charge is 0.390 e. The highest BCUT2D eigenvalue weighted by Crippen LogP contribution is 2.35. The SMILES string of the molecule is O=C(c1cc(F)ccc1F)N1CCC2(CC1)OCCC[C@@H]2O. The van der Waals surface area contributed by atoms with Crippen molar-refractivity contribution in [2.75, 3.05) is 19.7 Å². The van der Waals surface area contributed by atoms with Gasteiger partial charge in [0, 0.05) is 19.7 Å². The van der Waals surface area contributed by atoms with Crippen LogP contribution in [0.5, 0.6) is 0 Å². The zero-order valence-electron chi connectivity index (χ0n) is 12.2. The van der Waals surface area contributed by atoms with Gasteiger partial charge in [0.25, 0.3) is 5.91 Å². The lowest BCUT2D eigenvalue weighted by Crippen LogP contribution is -2.56. The summed E-state index contributed by atoms with van der Waals surface area (Å²) in [7, 11) is 0. The van der Waals surface area contributed by atoms with Crippen molar-refractivity contribution in [3.8, 4) is 0 Å². The summed E-state index contributed by atoms with van der Waals surface area (Å²) in [5.41, 5.74) is -0.837. The molecule has 0 aliphatic carbocycles. The predicted octanol–water partition coefficient (Wildman–Crippen LogP) is 2.11. The molecule has 4 nitrogen and oxygen atoms in total. The number of amides is 1. The Balaban J connectivity index is 1.71. The van der Waals surface area contributed by atoms with E-state index in [1.165, 1.54) is 4.90 Å². The lowest BCUT2D eigenvalue weighted by atomic mass is 9.82. The number of piperidine rings is 1. The number of benzene rings is 1. The van der Waals surface area contributed by atoms with Gasteiger partial charge in [-0.2, -0.15) is 0 Å². The Hall–Kier alpha value is -1.53. The van der Waals surface area contributed by atoms with Crippen LogP contribution in [0.15, 0.2) is 18.2 Å². The summed E-state index contributed by atoms with van der Waals surface area (Å²) < 4.78 is 32.7. The number of nitrogens with zero attached hydrogens (tertiary/aromatic N) is 1. The number of likely N-dealkylation sites (tertiary alicyclic amines) is 1. The van der Waals surface area contributed by atoms with Crippen molar-refractivity contribution in [3.63, 3.8) is 0 Å². The average Bonchev–Trinajstić information content (AvgIpc) is 2.53. The van der Waals surface area contributed by atoms with Crippen LogP contribution in [-0.2, 0) is 4.74 Å². The number of halogens is 2. The molecule has 3 rings (SSSR count). The summed E-state index contributed by atoms with van der Waals surface area (Å²) >= 11 is 0. The van der Waals surface area contributed by atoms with Gasteiger partial charge in [-0.05, 0) is 43.9 Å².